The fourth-order valence-corrected chi connectivity index (χ4v) is 3.85. The number of aryl methyl sites for hydroxylation is 2. The molecule has 0 aliphatic carbocycles. The Hall–Kier alpha value is -1.56. The second kappa shape index (κ2) is 8.01. The zero-order chi connectivity index (χ0) is 18.7. The highest BCUT2D eigenvalue weighted by atomic mass is 32.2. The van der Waals surface area contributed by atoms with Crippen molar-refractivity contribution in [2.45, 2.75) is 47.6 Å². The van der Waals surface area contributed by atoms with Gasteiger partial charge in [0.25, 0.3) is 0 Å². The Bertz CT molecular complexity index is 674. The highest BCUT2D eigenvalue weighted by Gasteiger charge is 2.25. The van der Waals surface area contributed by atoms with E-state index in [1.165, 1.54) is 4.31 Å². The Balaban J connectivity index is 3.06. The van der Waals surface area contributed by atoms with Crippen LogP contribution in [0.15, 0.2) is 18.2 Å². The number of carbonyl (C=O) groups excluding carboxylic acids is 1. The molecule has 0 heterocycles. The third-order valence-corrected chi connectivity index (χ3v) is 5.20. The van der Waals surface area contributed by atoms with Crippen molar-refractivity contribution in [3.05, 3.63) is 29.3 Å². The predicted molar refractivity (Wildman–Crippen MR) is 99.7 cm³/mol. The molecule has 0 aliphatic rings. The van der Waals surface area contributed by atoms with E-state index in [0.29, 0.717) is 5.69 Å². The topological polar surface area (TPSA) is 66.5 Å². The van der Waals surface area contributed by atoms with Crippen molar-refractivity contribution in [3.8, 4) is 0 Å². The first-order valence-electron chi connectivity index (χ1n) is 8.27. The van der Waals surface area contributed by atoms with Crippen molar-refractivity contribution in [2.75, 3.05) is 17.1 Å². The average molecular weight is 355 g/mol. The van der Waals surface area contributed by atoms with Crippen LogP contribution in [-0.2, 0) is 14.8 Å². The van der Waals surface area contributed by atoms with E-state index in [2.05, 4.69) is 5.32 Å². The van der Waals surface area contributed by atoms with E-state index in [4.69, 9.17) is 0 Å². The molecule has 0 aromatic heterocycles. The Morgan fingerprint density at radius 2 is 1.67 bits per heavy atom. The summed E-state index contributed by atoms with van der Waals surface area (Å²) in [7, 11) is -3.55. The Labute approximate surface area is 146 Å². The normalized spacial score (nSPS) is 12.1. The van der Waals surface area contributed by atoms with Crippen molar-refractivity contribution in [3.63, 3.8) is 0 Å². The molecule has 1 N–H and O–H groups in total. The van der Waals surface area contributed by atoms with Crippen LogP contribution >= 0.6 is 0 Å². The van der Waals surface area contributed by atoms with Gasteiger partial charge in [-0.25, -0.2) is 8.42 Å². The average Bonchev–Trinajstić information content (AvgIpc) is 2.41. The zero-order valence-corrected chi connectivity index (χ0v) is 16.6. The van der Waals surface area contributed by atoms with Gasteiger partial charge >= 0.3 is 0 Å². The molecule has 5 nitrogen and oxygen atoms in total. The number of carbonyl (C=O) groups is 1. The fourth-order valence-electron chi connectivity index (χ4n) is 2.93. The van der Waals surface area contributed by atoms with Gasteiger partial charge in [-0.15, -0.1) is 0 Å². The first-order valence-corrected chi connectivity index (χ1v) is 10.1. The molecule has 0 bridgehead atoms. The zero-order valence-electron chi connectivity index (χ0n) is 15.8. The van der Waals surface area contributed by atoms with Crippen LogP contribution in [0.25, 0.3) is 0 Å². The maximum atomic E-state index is 12.5. The summed E-state index contributed by atoms with van der Waals surface area (Å²) < 4.78 is 25.6. The van der Waals surface area contributed by atoms with Gasteiger partial charge in [0.15, 0.2) is 0 Å². The van der Waals surface area contributed by atoms with Gasteiger partial charge in [-0.05, 0) is 37.3 Å². The molecule has 1 rings (SSSR count). The van der Waals surface area contributed by atoms with E-state index in [-0.39, 0.29) is 30.3 Å². The smallest absolute Gasteiger partial charge is 0.241 e. The number of benzene rings is 1. The highest BCUT2D eigenvalue weighted by Crippen LogP contribution is 2.23. The summed E-state index contributed by atoms with van der Waals surface area (Å²) in [4.78, 5) is 12.5. The molecule has 1 aromatic rings. The second-order valence-corrected chi connectivity index (χ2v) is 9.05. The molecule has 24 heavy (non-hydrogen) atoms. The van der Waals surface area contributed by atoms with Crippen LogP contribution in [0.4, 0.5) is 5.69 Å². The first kappa shape index (κ1) is 20.5. The van der Waals surface area contributed by atoms with Crippen LogP contribution < -0.4 is 9.62 Å². The molecular weight excluding hydrogens is 324 g/mol. The van der Waals surface area contributed by atoms with Crippen molar-refractivity contribution in [1.82, 2.24) is 5.32 Å². The Morgan fingerprint density at radius 1 is 1.12 bits per heavy atom. The summed E-state index contributed by atoms with van der Waals surface area (Å²) in [5, 5.41) is 2.97. The van der Waals surface area contributed by atoms with Crippen LogP contribution in [0.5, 0.6) is 0 Å². The van der Waals surface area contributed by atoms with Crippen molar-refractivity contribution >= 4 is 21.6 Å². The fraction of sp³-hybridized carbons (Fsp3) is 0.611. The number of nitrogens with one attached hydrogen (secondary N) is 1. The number of nitrogens with zero attached hydrogens (tertiary/aromatic N) is 1. The molecule has 0 atom stereocenters. The molecule has 0 radical (unpaired) electrons. The van der Waals surface area contributed by atoms with Gasteiger partial charge in [-0.1, -0.05) is 45.4 Å². The molecule has 136 valence electrons. The summed E-state index contributed by atoms with van der Waals surface area (Å²) in [5.74, 6) is 0.274. The highest BCUT2D eigenvalue weighted by molar-refractivity contribution is 7.92. The maximum Gasteiger partial charge on any atom is 0.241 e. The van der Waals surface area contributed by atoms with Gasteiger partial charge in [0.2, 0.25) is 15.9 Å². The SMILES string of the molecule is Cc1ccc(N(CC(=O)NC(C(C)C)C(C)C)S(C)(=O)=O)c(C)c1. The van der Waals surface area contributed by atoms with E-state index < -0.39 is 10.0 Å². The molecule has 1 aromatic carbocycles. The third-order valence-electron chi connectivity index (χ3n) is 4.07. The van der Waals surface area contributed by atoms with E-state index in [9.17, 15) is 13.2 Å². The molecule has 0 fully saturated rings. The summed E-state index contributed by atoms with van der Waals surface area (Å²) >= 11 is 0. The van der Waals surface area contributed by atoms with Gasteiger partial charge < -0.3 is 5.32 Å². The minimum Gasteiger partial charge on any atom is -0.351 e. The quantitative estimate of drug-likeness (QED) is 0.819. The molecule has 0 saturated carbocycles. The third kappa shape index (κ3) is 5.51. The number of rotatable bonds is 7. The minimum absolute atomic E-state index is 0.0121. The van der Waals surface area contributed by atoms with Gasteiger partial charge in [0, 0.05) is 6.04 Å². The van der Waals surface area contributed by atoms with Crippen LogP contribution in [0.2, 0.25) is 0 Å². The summed E-state index contributed by atoms with van der Waals surface area (Å²) in [6.07, 6.45) is 1.13. The number of hydrogen-bond donors (Lipinski definition) is 1. The molecule has 1 amide bonds. The largest absolute Gasteiger partial charge is 0.351 e. The van der Waals surface area contributed by atoms with E-state index >= 15 is 0 Å². The number of anilines is 1. The summed E-state index contributed by atoms with van der Waals surface area (Å²) in [5.41, 5.74) is 2.43. The van der Waals surface area contributed by atoms with Crippen molar-refractivity contribution in [2.24, 2.45) is 11.8 Å². The van der Waals surface area contributed by atoms with Gasteiger partial charge in [0.05, 0.1) is 11.9 Å². The van der Waals surface area contributed by atoms with Crippen LogP contribution in [0.3, 0.4) is 0 Å². The first-order chi connectivity index (χ1) is 10.9. The summed E-state index contributed by atoms with van der Waals surface area (Å²) in [6, 6.07) is 5.53. The monoisotopic (exact) mass is 354 g/mol. The minimum atomic E-state index is -3.55. The lowest BCUT2D eigenvalue weighted by atomic mass is 9.93. The number of amides is 1. The molecule has 6 heteroatoms. The van der Waals surface area contributed by atoms with E-state index in [0.717, 1.165) is 17.4 Å². The lowest BCUT2D eigenvalue weighted by molar-refractivity contribution is -0.121. The molecule has 0 saturated heterocycles. The second-order valence-electron chi connectivity index (χ2n) is 7.14. The molecule has 0 spiro atoms. The van der Waals surface area contributed by atoms with Crippen LogP contribution in [0.1, 0.15) is 38.8 Å². The molecule has 0 aliphatic heterocycles. The standard InChI is InChI=1S/C18H30N2O3S/c1-12(2)18(13(3)4)19-17(21)11-20(24(7,22)23)16-9-8-14(5)10-15(16)6/h8-10,12-13,18H,11H2,1-7H3,(H,19,21). The molecular formula is C18H30N2O3S. The van der Waals surface area contributed by atoms with Gasteiger partial charge in [-0.3, -0.25) is 9.10 Å². The molecule has 0 unspecified atom stereocenters. The maximum absolute atomic E-state index is 12.5. The van der Waals surface area contributed by atoms with Gasteiger partial charge in [0.1, 0.15) is 6.54 Å². The van der Waals surface area contributed by atoms with Crippen LogP contribution in [0, 0.1) is 25.7 Å². The number of hydrogen-bond acceptors (Lipinski definition) is 3. The number of sulfonamides is 1. The van der Waals surface area contributed by atoms with E-state index in [1.807, 2.05) is 53.7 Å². The summed E-state index contributed by atoms with van der Waals surface area (Å²) in [6.45, 7) is 11.8. The lowest BCUT2D eigenvalue weighted by Gasteiger charge is -2.29. The Morgan fingerprint density at radius 3 is 2.08 bits per heavy atom. The van der Waals surface area contributed by atoms with Crippen LogP contribution in [-0.4, -0.2) is 33.2 Å². The van der Waals surface area contributed by atoms with Crippen molar-refractivity contribution < 1.29 is 13.2 Å². The van der Waals surface area contributed by atoms with Gasteiger partial charge in [-0.2, -0.15) is 0 Å². The van der Waals surface area contributed by atoms with Crippen molar-refractivity contribution in [1.29, 1.82) is 0 Å². The predicted octanol–water partition coefficient (Wildman–Crippen LogP) is 2.87. The van der Waals surface area contributed by atoms with E-state index in [1.54, 1.807) is 6.07 Å². The lowest BCUT2D eigenvalue weighted by Crippen LogP contribution is -2.47. The Kier molecular flexibility index (Phi) is 6.84.